The average Bonchev–Trinajstić information content (AvgIpc) is 1.62. The van der Waals surface area contributed by atoms with Gasteiger partial charge in [0.1, 0.15) is 0 Å². The molecule has 0 fully saturated rings. The van der Waals surface area contributed by atoms with Crippen LogP contribution in [-0.2, 0) is 0 Å². The molecule has 62 valence electrons. The maximum Gasteiger partial charge on any atom is 0.353 e. The second kappa shape index (κ2) is 2.53. The van der Waals surface area contributed by atoms with Crippen LogP contribution in [0.2, 0.25) is 0 Å². The van der Waals surface area contributed by atoms with Crippen LogP contribution in [-0.4, -0.2) is 17.5 Å². The highest BCUT2D eigenvalue weighted by molar-refractivity contribution is 6.20. The van der Waals surface area contributed by atoms with E-state index in [0.717, 1.165) is 0 Å². The zero-order valence-electron chi connectivity index (χ0n) is 4.85. The molecule has 0 aromatic heterocycles. The third-order valence-corrected chi connectivity index (χ3v) is 1.13. The van der Waals surface area contributed by atoms with Crippen molar-refractivity contribution in [2.45, 2.75) is 24.4 Å². The molecule has 0 heterocycles. The molecule has 0 saturated carbocycles. The highest BCUT2D eigenvalue weighted by Crippen LogP contribution is 2.39. The summed E-state index contributed by atoms with van der Waals surface area (Å²) in [6.07, 6.45) is 0. The Balaban J connectivity index is 4.40. The molecule has 0 aliphatic heterocycles. The first-order valence-electron chi connectivity index (χ1n) is 2.23. The van der Waals surface area contributed by atoms with Crippen LogP contribution in [0.1, 0.15) is 6.92 Å². The molecule has 0 radical (unpaired) electrons. The van der Waals surface area contributed by atoms with Crippen LogP contribution in [0.4, 0.5) is 22.0 Å². The van der Waals surface area contributed by atoms with Crippen LogP contribution in [0, 0.1) is 0 Å². The second-order valence-corrected chi connectivity index (χ2v) is 2.20. The molecule has 0 amide bonds. The number of hydrogen-bond acceptors (Lipinski definition) is 0. The average molecular weight is 183 g/mol. The summed E-state index contributed by atoms with van der Waals surface area (Å²) in [6, 6.07) is 0. The molecule has 0 spiro atoms. The van der Waals surface area contributed by atoms with Crippen LogP contribution in [0.15, 0.2) is 0 Å². The first-order valence-corrected chi connectivity index (χ1v) is 2.67. The van der Waals surface area contributed by atoms with Gasteiger partial charge in [0, 0.05) is 6.92 Å². The zero-order valence-corrected chi connectivity index (χ0v) is 5.60. The molecule has 0 aromatic carbocycles. The van der Waals surface area contributed by atoms with Gasteiger partial charge in [-0.1, -0.05) is 11.6 Å². The van der Waals surface area contributed by atoms with E-state index in [1.807, 2.05) is 0 Å². The van der Waals surface area contributed by atoms with E-state index in [4.69, 9.17) is 0 Å². The number of hydrogen-bond donors (Lipinski definition) is 0. The SMILES string of the molecule is CC(F)(F)C(F)(F)C(F)Cl. The number of rotatable bonds is 2. The summed E-state index contributed by atoms with van der Waals surface area (Å²) >= 11 is 4.16. The first kappa shape index (κ1) is 9.94. The van der Waals surface area contributed by atoms with E-state index in [-0.39, 0.29) is 6.92 Å². The van der Waals surface area contributed by atoms with E-state index < -0.39 is 17.5 Å². The lowest BCUT2D eigenvalue weighted by Crippen LogP contribution is -2.43. The van der Waals surface area contributed by atoms with Gasteiger partial charge in [-0.2, -0.15) is 8.78 Å². The van der Waals surface area contributed by atoms with Gasteiger partial charge in [0.05, 0.1) is 0 Å². The van der Waals surface area contributed by atoms with E-state index in [2.05, 4.69) is 11.6 Å². The van der Waals surface area contributed by atoms with Crippen molar-refractivity contribution in [3.05, 3.63) is 0 Å². The molecule has 0 aliphatic carbocycles. The van der Waals surface area contributed by atoms with E-state index in [1.54, 1.807) is 0 Å². The van der Waals surface area contributed by atoms with Gasteiger partial charge in [-0.15, -0.1) is 0 Å². The molecule has 1 atom stereocenters. The monoisotopic (exact) mass is 182 g/mol. The summed E-state index contributed by atoms with van der Waals surface area (Å²) in [6.45, 7) is -0.0953. The molecule has 0 saturated heterocycles. The molecule has 10 heavy (non-hydrogen) atoms. The molecule has 0 rings (SSSR count). The minimum Gasteiger partial charge on any atom is -0.223 e. The third-order valence-electron chi connectivity index (χ3n) is 0.859. The largest absolute Gasteiger partial charge is 0.353 e. The molecule has 6 heteroatoms. The molecule has 0 aliphatic rings. The highest BCUT2D eigenvalue weighted by atomic mass is 35.5. The van der Waals surface area contributed by atoms with E-state index in [9.17, 15) is 22.0 Å². The highest BCUT2D eigenvalue weighted by Gasteiger charge is 2.58. The fraction of sp³-hybridized carbons (Fsp3) is 1.00. The Hall–Kier alpha value is -0.0600. The Morgan fingerprint density at radius 1 is 1.20 bits per heavy atom. The molecule has 1 unspecified atom stereocenters. The topological polar surface area (TPSA) is 0 Å². The quantitative estimate of drug-likeness (QED) is 0.455. The van der Waals surface area contributed by atoms with E-state index >= 15 is 0 Å². The molecule has 0 nitrogen and oxygen atoms in total. The summed E-state index contributed by atoms with van der Waals surface area (Å²) in [5.74, 6) is -9.22. The Labute approximate surface area is 59.0 Å². The Kier molecular flexibility index (Phi) is 2.51. The summed E-state index contributed by atoms with van der Waals surface area (Å²) in [5, 5.41) is 0. The Bertz CT molecular complexity index is 115. The van der Waals surface area contributed by atoms with Gasteiger partial charge < -0.3 is 0 Å². The van der Waals surface area contributed by atoms with Gasteiger partial charge >= 0.3 is 11.8 Å². The Morgan fingerprint density at radius 2 is 1.50 bits per heavy atom. The van der Waals surface area contributed by atoms with Crippen LogP contribution in [0.3, 0.4) is 0 Å². The summed E-state index contributed by atoms with van der Waals surface area (Å²) < 4.78 is 58.5. The molecular formula is C4H4ClF5. The van der Waals surface area contributed by atoms with Gasteiger partial charge in [-0.3, -0.25) is 0 Å². The minimum atomic E-state index is -4.80. The van der Waals surface area contributed by atoms with Crippen molar-refractivity contribution in [2.24, 2.45) is 0 Å². The fourth-order valence-electron chi connectivity index (χ4n) is 0.192. The normalized spacial score (nSPS) is 17.1. The maximum atomic E-state index is 11.8. The van der Waals surface area contributed by atoms with Crippen molar-refractivity contribution < 1.29 is 22.0 Å². The van der Waals surface area contributed by atoms with Crippen molar-refractivity contribution in [1.82, 2.24) is 0 Å². The van der Waals surface area contributed by atoms with Crippen LogP contribution < -0.4 is 0 Å². The van der Waals surface area contributed by atoms with Crippen molar-refractivity contribution in [3.63, 3.8) is 0 Å². The molecule has 0 aromatic rings. The van der Waals surface area contributed by atoms with Crippen molar-refractivity contribution in [3.8, 4) is 0 Å². The second-order valence-electron chi connectivity index (χ2n) is 1.81. The third kappa shape index (κ3) is 1.71. The minimum absolute atomic E-state index is 0.0953. The lowest BCUT2D eigenvalue weighted by Gasteiger charge is -2.22. The first-order chi connectivity index (χ1) is 4.19. The standard InChI is InChI=1S/C4H4ClF5/c1-3(7,8)4(9,10)2(5)6/h2H,1H3. The van der Waals surface area contributed by atoms with Crippen LogP contribution in [0.5, 0.6) is 0 Å². The maximum absolute atomic E-state index is 11.8. The summed E-state index contributed by atoms with van der Waals surface area (Å²) in [5.41, 5.74) is -3.35. The predicted octanol–water partition coefficient (Wildman–Crippen LogP) is 2.81. The smallest absolute Gasteiger partial charge is 0.223 e. The van der Waals surface area contributed by atoms with E-state index in [1.165, 1.54) is 0 Å². The summed E-state index contributed by atoms with van der Waals surface area (Å²) in [7, 11) is 0. The number of halogens is 6. The molecular weight excluding hydrogens is 178 g/mol. The predicted molar refractivity (Wildman–Crippen MR) is 26.3 cm³/mol. The lowest BCUT2D eigenvalue weighted by molar-refractivity contribution is -0.213. The van der Waals surface area contributed by atoms with Crippen molar-refractivity contribution in [1.29, 1.82) is 0 Å². The zero-order chi connectivity index (χ0) is 8.58. The van der Waals surface area contributed by atoms with Gasteiger partial charge in [0.2, 0.25) is 5.63 Å². The molecule has 0 N–H and O–H groups in total. The summed E-state index contributed by atoms with van der Waals surface area (Å²) in [4.78, 5) is 0. The van der Waals surface area contributed by atoms with Crippen molar-refractivity contribution in [2.75, 3.05) is 0 Å². The van der Waals surface area contributed by atoms with Crippen LogP contribution in [0.25, 0.3) is 0 Å². The van der Waals surface area contributed by atoms with Gasteiger partial charge in [0.25, 0.3) is 0 Å². The lowest BCUT2D eigenvalue weighted by atomic mass is 10.2. The van der Waals surface area contributed by atoms with E-state index in [0.29, 0.717) is 0 Å². The Morgan fingerprint density at radius 3 is 1.50 bits per heavy atom. The van der Waals surface area contributed by atoms with Crippen LogP contribution >= 0.6 is 11.6 Å². The fourth-order valence-corrected chi connectivity index (χ4v) is 0.383. The molecule has 0 bridgehead atoms. The van der Waals surface area contributed by atoms with Gasteiger partial charge in [-0.05, 0) is 0 Å². The van der Waals surface area contributed by atoms with Gasteiger partial charge in [-0.25, -0.2) is 13.2 Å². The van der Waals surface area contributed by atoms with Gasteiger partial charge in [0.15, 0.2) is 0 Å². The van der Waals surface area contributed by atoms with Crippen molar-refractivity contribution >= 4 is 11.6 Å². The number of alkyl halides is 6.